The van der Waals surface area contributed by atoms with Gasteiger partial charge in [-0.05, 0) is 6.07 Å². The summed E-state index contributed by atoms with van der Waals surface area (Å²) >= 11 is 0. The summed E-state index contributed by atoms with van der Waals surface area (Å²) in [5, 5.41) is 10.8. The lowest BCUT2D eigenvalue weighted by molar-refractivity contribution is 0.203. The second-order valence-corrected chi connectivity index (χ2v) is 6.22. The molecule has 2 rings (SSSR count). The minimum atomic E-state index is -3.22. The first-order valence-corrected chi connectivity index (χ1v) is 7.23. The average Bonchev–Trinajstić information content (AvgIpc) is 2.26. The van der Waals surface area contributed by atoms with Gasteiger partial charge in [0.2, 0.25) is 0 Å². The number of hydrogen-bond donors (Lipinski definition) is 1. The second-order valence-electron chi connectivity index (χ2n) is 4.03. The first kappa shape index (κ1) is 12.0. The maximum absolute atomic E-state index is 11.2. The molecule has 1 N–H and O–H groups in total. The summed E-state index contributed by atoms with van der Waals surface area (Å²) in [5.41, 5.74) is 1.19. The topological polar surface area (TPSA) is 67.3 Å². The molecule has 0 aliphatic rings. The van der Waals surface area contributed by atoms with Crippen molar-refractivity contribution in [2.24, 2.45) is 0 Å². The molecule has 0 aliphatic heterocycles. The maximum atomic E-state index is 11.2. The van der Waals surface area contributed by atoms with Crippen LogP contribution in [0.4, 0.5) is 0 Å². The van der Waals surface area contributed by atoms with Crippen LogP contribution in [0.2, 0.25) is 0 Å². The van der Waals surface area contributed by atoms with E-state index >= 15 is 0 Å². The van der Waals surface area contributed by atoms with Crippen molar-refractivity contribution in [3.63, 3.8) is 0 Å². The van der Waals surface area contributed by atoms with Gasteiger partial charge in [0.25, 0.3) is 0 Å². The van der Waals surface area contributed by atoms with Crippen LogP contribution in [-0.2, 0) is 9.84 Å². The molecule has 0 bridgehead atoms. The highest BCUT2D eigenvalue weighted by atomic mass is 32.2. The van der Waals surface area contributed by atoms with Crippen LogP contribution in [0.25, 0.3) is 10.9 Å². The zero-order chi connectivity index (χ0) is 12.5. The van der Waals surface area contributed by atoms with Gasteiger partial charge in [-0.25, -0.2) is 8.42 Å². The molecule has 1 aromatic carbocycles. The third-order valence-electron chi connectivity index (χ3n) is 2.48. The van der Waals surface area contributed by atoms with Gasteiger partial charge in [0.05, 0.1) is 17.4 Å². The van der Waals surface area contributed by atoms with E-state index in [0.29, 0.717) is 11.1 Å². The molecule has 4 nitrogen and oxygen atoms in total. The maximum Gasteiger partial charge on any atom is 0.150 e. The van der Waals surface area contributed by atoms with Crippen molar-refractivity contribution < 1.29 is 13.5 Å². The summed E-state index contributed by atoms with van der Waals surface area (Å²) < 4.78 is 22.3. The molecule has 0 aliphatic carbocycles. The number of rotatable bonds is 3. The lowest BCUT2D eigenvalue weighted by Crippen LogP contribution is -2.13. The number of pyridine rings is 1. The third kappa shape index (κ3) is 2.81. The Balaban J connectivity index is 2.48. The Hall–Kier alpha value is -1.46. The first-order chi connectivity index (χ1) is 7.97. The van der Waals surface area contributed by atoms with Crippen LogP contribution in [0.5, 0.6) is 0 Å². The molecule has 0 radical (unpaired) electrons. The van der Waals surface area contributed by atoms with E-state index in [2.05, 4.69) is 4.98 Å². The van der Waals surface area contributed by atoms with E-state index < -0.39 is 15.9 Å². The summed E-state index contributed by atoms with van der Waals surface area (Å²) in [6.45, 7) is 0. The Morgan fingerprint density at radius 2 is 2.00 bits per heavy atom. The summed E-state index contributed by atoms with van der Waals surface area (Å²) in [6.07, 6.45) is 1.69. The fourth-order valence-corrected chi connectivity index (χ4v) is 2.53. The average molecular weight is 251 g/mol. The van der Waals surface area contributed by atoms with Crippen molar-refractivity contribution in [3.8, 4) is 0 Å². The molecule has 5 heteroatoms. The van der Waals surface area contributed by atoms with Crippen molar-refractivity contribution in [2.45, 2.75) is 6.10 Å². The van der Waals surface area contributed by atoms with Crippen molar-refractivity contribution in [1.29, 1.82) is 0 Å². The van der Waals surface area contributed by atoms with E-state index in [9.17, 15) is 13.5 Å². The number of para-hydroxylation sites is 1. The molecule has 0 spiro atoms. The van der Waals surface area contributed by atoms with Crippen molar-refractivity contribution in [2.75, 3.05) is 12.0 Å². The predicted molar refractivity (Wildman–Crippen MR) is 66.4 cm³/mol. The summed E-state index contributed by atoms with van der Waals surface area (Å²) in [6, 6.07) is 9.03. The van der Waals surface area contributed by atoms with E-state index in [0.717, 1.165) is 11.6 Å². The number of aromatic nitrogens is 1. The molecule has 0 amide bonds. The zero-order valence-electron chi connectivity index (χ0n) is 9.37. The van der Waals surface area contributed by atoms with E-state index in [1.54, 1.807) is 24.4 Å². The molecule has 17 heavy (non-hydrogen) atoms. The quantitative estimate of drug-likeness (QED) is 0.893. The van der Waals surface area contributed by atoms with Gasteiger partial charge < -0.3 is 5.11 Å². The molecule has 1 atom stereocenters. The fourth-order valence-electron chi connectivity index (χ4n) is 1.77. The molecule has 0 saturated carbocycles. The van der Waals surface area contributed by atoms with Gasteiger partial charge in [-0.3, -0.25) is 4.98 Å². The number of fused-ring (bicyclic) bond motifs is 1. The molecule has 1 aromatic heterocycles. The van der Waals surface area contributed by atoms with Crippen LogP contribution in [0.15, 0.2) is 36.5 Å². The summed E-state index contributed by atoms with van der Waals surface area (Å²) in [5.74, 6) is -0.289. The largest absolute Gasteiger partial charge is 0.387 e. The third-order valence-corrected chi connectivity index (χ3v) is 3.40. The van der Waals surface area contributed by atoms with E-state index in [4.69, 9.17) is 0 Å². The number of benzene rings is 1. The molecular weight excluding hydrogens is 238 g/mol. The normalized spacial score (nSPS) is 13.8. The molecule has 1 heterocycles. The summed E-state index contributed by atoms with van der Waals surface area (Å²) in [4.78, 5) is 4.18. The van der Waals surface area contributed by atoms with Crippen molar-refractivity contribution in [3.05, 3.63) is 42.1 Å². The lowest BCUT2D eigenvalue weighted by atomic mass is 10.1. The van der Waals surface area contributed by atoms with Crippen molar-refractivity contribution >= 4 is 20.7 Å². The van der Waals surface area contributed by atoms with Gasteiger partial charge >= 0.3 is 0 Å². The molecule has 2 aromatic rings. The number of nitrogens with zero attached hydrogens (tertiary/aromatic N) is 1. The number of hydrogen-bond acceptors (Lipinski definition) is 4. The Morgan fingerprint density at radius 1 is 1.29 bits per heavy atom. The van der Waals surface area contributed by atoms with Gasteiger partial charge in [-0.15, -0.1) is 0 Å². The minimum absolute atomic E-state index is 0.289. The van der Waals surface area contributed by atoms with Gasteiger partial charge in [0, 0.05) is 23.4 Å². The van der Waals surface area contributed by atoms with Crippen LogP contribution in [-0.4, -0.2) is 30.5 Å². The van der Waals surface area contributed by atoms with E-state index in [1.807, 2.05) is 12.1 Å². The smallest absolute Gasteiger partial charge is 0.150 e. The number of aliphatic hydroxyl groups excluding tert-OH is 1. The predicted octanol–water partition coefficient (Wildman–Crippen LogP) is 1.31. The zero-order valence-corrected chi connectivity index (χ0v) is 10.2. The Morgan fingerprint density at radius 3 is 2.71 bits per heavy atom. The Labute approximate surface area is 99.8 Å². The molecule has 0 fully saturated rings. The van der Waals surface area contributed by atoms with E-state index in [1.165, 1.54) is 0 Å². The summed E-state index contributed by atoms with van der Waals surface area (Å²) in [7, 11) is -3.22. The van der Waals surface area contributed by atoms with Crippen molar-refractivity contribution in [1.82, 2.24) is 4.98 Å². The van der Waals surface area contributed by atoms with Crippen LogP contribution in [0.1, 0.15) is 11.7 Å². The van der Waals surface area contributed by atoms with Crippen LogP contribution in [0.3, 0.4) is 0 Å². The molecular formula is C12H13NO3S. The Kier molecular flexibility index (Phi) is 3.13. The highest BCUT2D eigenvalue weighted by molar-refractivity contribution is 7.90. The fraction of sp³-hybridized carbons (Fsp3) is 0.250. The monoisotopic (exact) mass is 251 g/mol. The standard InChI is InChI=1S/C12H13NO3S/c1-17(15,16)8-11(14)10-6-2-4-9-5-3-7-13-12(9)10/h2-7,11,14H,8H2,1H3. The van der Waals surface area contributed by atoms with Gasteiger partial charge in [0.15, 0.2) is 0 Å². The van der Waals surface area contributed by atoms with E-state index in [-0.39, 0.29) is 5.75 Å². The molecule has 0 saturated heterocycles. The second kappa shape index (κ2) is 4.43. The number of sulfone groups is 1. The molecule has 90 valence electrons. The minimum Gasteiger partial charge on any atom is -0.387 e. The van der Waals surface area contributed by atoms with Gasteiger partial charge in [-0.2, -0.15) is 0 Å². The lowest BCUT2D eigenvalue weighted by Gasteiger charge is -2.11. The highest BCUT2D eigenvalue weighted by Crippen LogP contribution is 2.23. The SMILES string of the molecule is CS(=O)(=O)CC(O)c1cccc2cccnc12. The first-order valence-electron chi connectivity index (χ1n) is 5.17. The Bertz CT molecular complexity index is 632. The van der Waals surface area contributed by atoms with Crippen LogP contribution in [0, 0.1) is 0 Å². The van der Waals surface area contributed by atoms with Crippen LogP contribution >= 0.6 is 0 Å². The molecule has 1 unspecified atom stereocenters. The highest BCUT2D eigenvalue weighted by Gasteiger charge is 2.17. The van der Waals surface area contributed by atoms with Gasteiger partial charge in [0.1, 0.15) is 9.84 Å². The van der Waals surface area contributed by atoms with Gasteiger partial charge in [-0.1, -0.05) is 24.3 Å². The van der Waals surface area contributed by atoms with Crippen LogP contribution < -0.4 is 0 Å². The number of aliphatic hydroxyl groups is 1.